The summed E-state index contributed by atoms with van der Waals surface area (Å²) < 4.78 is 1.92. The second-order valence-corrected chi connectivity index (χ2v) is 3.83. The minimum absolute atomic E-state index is 0.0921. The van der Waals surface area contributed by atoms with Crippen LogP contribution in [0.5, 0.6) is 0 Å². The Hall–Kier alpha value is -1.96. The Bertz CT molecular complexity index is 553. The number of aromatic nitrogens is 3. The molecule has 0 unspecified atom stereocenters. The van der Waals surface area contributed by atoms with E-state index in [1.165, 1.54) is 17.1 Å². The number of halogens is 1. The summed E-state index contributed by atoms with van der Waals surface area (Å²) >= 11 is 3.26. The highest BCUT2D eigenvalue weighted by molar-refractivity contribution is 9.10. The van der Waals surface area contributed by atoms with Crippen molar-refractivity contribution in [3.63, 3.8) is 0 Å². The zero-order valence-electron chi connectivity index (χ0n) is 7.87. The average Bonchev–Trinajstić information content (AvgIpc) is 2.66. The maximum atomic E-state index is 10.5. The van der Waals surface area contributed by atoms with E-state index in [1.807, 2.05) is 0 Å². The number of anilines is 1. The smallest absolute Gasteiger partial charge is 0.307 e. The lowest BCUT2D eigenvalue weighted by Gasteiger charge is -2.02. The fourth-order valence-corrected chi connectivity index (χ4v) is 1.69. The van der Waals surface area contributed by atoms with Crippen LogP contribution in [0.3, 0.4) is 0 Å². The van der Waals surface area contributed by atoms with Gasteiger partial charge in [-0.1, -0.05) is 0 Å². The summed E-state index contributed by atoms with van der Waals surface area (Å²) in [5.74, 6) is 0.447. The summed E-state index contributed by atoms with van der Waals surface area (Å²) in [7, 11) is 0. The van der Waals surface area contributed by atoms with Crippen molar-refractivity contribution in [2.24, 2.45) is 0 Å². The Labute approximate surface area is 98.2 Å². The van der Waals surface area contributed by atoms with E-state index in [0.717, 1.165) is 6.20 Å². The molecule has 0 aliphatic carbocycles. The van der Waals surface area contributed by atoms with Crippen LogP contribution in [0.25, 0.3) is 5.82 Å². The SMILES string of the molecule is Nc1cnc(-n2cc([N+](=O)[O-])cn2)c(Br)c1. The van der Waals surface area contributed by atoms with Crippen molar-refractivity contribution >= 4 is 27.3 Å². The molecule has 0 spiro atoms. The highest BCUT2D eigenvalue weighted by atomic mass is 79.9. The number of rotatable bonds is 2. The molecule has 0 aliphatic heterocycles. The zero-order chi connectivity index (χ0) is 11.7. The summed E-state index contributed by atoms with van der Waals surface area (Å²) in [6.45, 7) is 0. The number of nitro groups is 1. The van der Waals surface area contributed by atoms with Gasteiger partial charge < -0.3 is 5.73 Å². The molecule has 0 aliphatic rings. The lowest BCUT2D eigenvalue weighted by atomic mass is 10.4. The predicted octanol–water partition coefficient (Wildman–Crippen LogP) is 1.52. The quantitative estimate of drug-likeness (QED) is 0.665. The first-order valence-corrected chi connectivity index (χ1v) is 4.97. The molecule has 16 heavy (non-hydrogen) atoms. The molecule has 0 radical (unpaired) electrons. The predicted molar refractivity (Wildman–Crippen MR) is 60.1 cm³/mol. The number of nitrogen functional groups attached to an aromatic ring is 1. The fourth-order valence-electron chi connectivity index (χ4n) is 1.14. The normalized spacial score (nSPS) is 10.3. The highest BCUT2D eigenvalue weighted by Gasteiger charge is 2.12. The van der Waals surface area contributed by atoms with Crippen molar-refractivity contribution < 1.29 is 4.92 Å². The summed E-state index contributed by atoms with van der Waals surface area (Å²) in [5.41, 5.74) is 5.93. The Balaban J connectivity index is 2.46. The van der Waals surface area contributed by atoms with E-state index in [0.29, 0.717) is 16.0 Å². The third-order valence-corrected chi connectivity index (χ3v) is 2.42. The van der Waals surface area contributed by atoms with Crippen molar-refractivity contribution in [1.29, 1.82) is 0 Å². The van der Waals surface area contributed by atoms with Gasteiger partial charge in [-0.25, -0.2) is 9.67 Å². The second-order valence-electron chi connectivity index (χ2n) is 2.97. The molecule has 0 saturated carbocycles. The Morgan fingerprint density at radius 1 is 1.50 bits per heavy atom. The fraction of sp³-hybridized carbons (Fsp3) is 0. The van der Waals surface area contributed by atoms with Gasteiger partial charge in [0.1, 0.15) is 12.4 Å². The molecule has 2 aromatic heterocycles. The summed E-state index contributed by atoms with van der Waals surface area (Å²) in [6.07, 6.45) is 3.89. The maximum absolute atomic E-state index is 10.5. The number of hydrogen-bond acceptors (Lipinski definition) is 5. The summed E-state index contributed by atoms with van der Waals surface area (Å²) in [5, 5.41) is 14.3. The molecule has 0 amide bonds. The molecule has 2 rings (SSSR count). The average molecular weight is 284 g/mol. The van der Waals surface area contributed by atoms with E-state index in [9.17, 15) is 10.1 Å². The van der Waals surface area contributed by atoms with Crippen LogP contribution in [-0.2, 0) is 0 Å². The second kappa shape index (κ2) is 3.89. The number of nitrogens with zero attached hydrogens (tertiary/aromatic N) is 4. The van der Waals surface area contributed by atoms with Gasteiger partial charge in [0.05, 0.1) is 21.3 Å². The van der Waals surface area contributed by atoms with Gasteiger partial charge >= 0.3 is 5.69 Å². The van der Waals surface area contributed by atoms with E-state index in [-0.39, 0.29) is 5.69 Å². The van der Waals surface area contributed by atoms with E-state index in [2.05, 4.69) is 26.0 Å². The molecule has 8 heteroatoms. The molecule has 0 atom stereocenters. The maximum Gasteiger partial charge on any atom is 0.307 e. The third-order valence-electron chi connectivity index (χ3n) is 1.84. The van der Waals surface area contributed by atoms with Crippen molar-refractivity contribution in [2.75, 3.05) is 5.73 Å². The van der Waals surface area contributed by atoms with Gasteiger partial charge in [-0.05, 0) is 22.0 Å². The van der Waals surface area contributed by atoms with E-state index in [1.54, 1.807) is 6.07 Å². The molecule has 2 N–H and O–H groups in total. The van der Waals surface area contributed by atoms with Gasteiger partial charge in [-0.3, -0.25) is 10.1 Å². The van der Waals surface area contributed by atoms with Crippen molar-refractivity contribution in [3.8, 4) is 5.82 Å². The van der Waals surface area contributed by atoms with Crippen LogP contribution in [0.15, 0.2) is 29.1 Å². The lowest BCUT2D eigenvalue weighted by molar-refractivity contribution is -0.384. The number of hydrogen-bond donors (Lipinski definition) is 1. The molecule has 82 valence electrons. The van der Waals surface area contributed by atoms with E-state index in [4.69, 9.17) is 5.73 Å². The van der Waals surface area contributed by atoms with Crippen LogP contribution < -0.4 is 5.73 Å². The summed E-state index contributed by atoms with van der Waals surface area (Å²) in [4.78, 5) is 14.0. The van der Waals surface area contributed by atoms with Gasteiger partial charge in [0.2, 0.25) is 0 Å². The first kappa shape index (κ1) is 10.6. The van der Waals surface area contributed by atoms with Crippen molar-refractivity contribution in [2.45, 2.75) is 0 Å². The number of nitrogens with two attached hydrogens (primary N) is 1. The lowest BCUT2D eigenvalue weighted by Crippen LogP contribution is -2.00. The molecule has 2 aromatic rings. The molecule has 7 nitrogen and oxygen atoms in total. The van der Waals surface area contributed by atoms with Crippen molar-refractivity contribution in [1.82, 2.24) is 14.8 Å². The van der Waals surface area contributed by atoms with Crippen LogP contribution in [0, 0.1) is 10.1 Å². The molecule has 0 saturated heterocycles. The Morgan fingerprint density at radius 2 is 2.25 bits per heavy atom. The van der Waals surface area contributed by atoms with Gasteiger partial charge in [0.25, 0.3) is 0 Å². The summed E-state index contributed by atoms with van der Waals surface area (Å²) in [6, 6.07) is 1.65. The van der Waals surface area contributed by atoms with Gasteiger partial charge in [-0.2, -0.15) is 5.10 Å². The van der Waals surface area contributed by atoms with E-state index >= 15 is 0 Å². The highest BCUT2D eigenvalue weighted by Crippen LogP contribution is 2.21. The Kier molecular flexibility index (Phi) is 2.57. The zero-order valence-corrected chi connectivity index (χ0v) is 9.46. The van der Waals surface area contributed by atoms with Gasteiger partial charge in [0, 0.05) is 0 Å². The molecule has 2 heterocycles. The monoisotopic (exact) mass is 283 g/mol. The first-order chi connectivity index (χ1) is 7.58. The van der Waals surface area contributed by atoms with Crippen LogP contribution in [0.4, 0.5) is 11.4 Å². The van der Waals surface area contributed by atoms with Gasteiger partial charge in [0.15, 0.2) is 5.82 Å². The Morgan fingerprint density at radius 3 is 2.81 bits per heavy atom. The number of pyridine rings is 1. The molecule has 0 bridgehead atoms. The molecular formula is C8H6BrN5O2. The van der Waals surface area contributed by atoms with Crippen LogP contribution >= 0.6 is 15.9 Å². The largest absolute Gasteiger partial charge is 0.397 e. The topological polar surface area (TPSA) is 99.9 Å². The molecule has 0 aromatic carbocycles. The first-order valence-electron chi connectivity index (χ1n) is 4.18. The third kappa shape index (κ3) is 1.87. The molecular weight excluding hydrogens is 278 g/mol. The standard InChI is InChI=1S/C8H6BrN5O2/c9-7-1-5(10)2-11-8(7)13-4-6(3-12-13)14(15)16/h1-4H,10H2. The van der Waals surface area contributed by atoms with Crippen LogP contribution in [0.1, 0.15) is 0 Å². The van der Waals surface area contributed by atoms with E-state index < -0.39 is 4.92 Å². The minimum Gasteiger partial charge on any atom is -0.397 e. The molecule has 0 fully saturated rings. The minimum atomic E-state index is -0.519. The van der Waals surface area contributed by atoms with Crippen molar-refractivity contribution in [3.05, 3.63) is 39.2 Å². The van der Waals surface area contributed by atoms with Crippen LogP contribution in [-0.4, -0.2) is 19.7 Å². The van der Waals surface area contributed by atoms with Gasteiger partial charge in [-0.15, -0.1) is 0 Å². The van der Waals surface area contributed by atoms with Crippen LogP contribution in [0.2, 0.25) is 0 Å².